The Morgan fingerprint density at radius 1 is 1.07 bits per heavy atom. The zero-order valence-electron chi connectivity index (χ0n) is 7.99. The third-order valence-corrected chi connectivity index (χ3v) is 2.66. The first-order valence-corrected chi connectivity index (χ1v) is 5.39. The molecule has 0 fully saturated rings. The van der Waals surface area contributed by atoms with Gasteiger partial charge in [-0.25, -0.2) is 13.2 Å². The fraction of sp³-hybridized carbons (Fsp3) is 0.400. The van der Waals surface area contributed by atoms with Crippen LogP contribution in [-0.4, -0.2) is 6.54 Å². The van der Waals surface area contributed by atoms with E-state index in [0.717, 1.165) is 6.42 Å². The monoisotopic (exact) mass is 281 g/mol. The quantitative estimate of drug-likeness (QED) is 0.512. The van der Waals surface area contributed by atoms with Crippen molar-refractivity contribution in [2.45, 2.75) is 19.3 Å². The normalized spacial score (nSPS) is 10.7. The topological polar surface area (TPSA) is 26.0 Å². The molecule has 0 unspecified atom stereocenters. The Balaban J connectivity index is 2.89. The van der Waals surface area contributed by atoms with Gasteiger partial charge in [-0.05, 0) is 53.4 Å². The summed E-state index contributed by atoms with van der Waals surface area (Å²) in [4.78, 5) is 0. The van der Waals surface area contributed by atoms with Crippen molar-refractivity contribution in [3.8, 4) is 0 Å². The van der Waals surface area contributed by atoms with Crippen molar-refractivity contribution < 1.29 is 13.2 Å². The third kappa shape index (κ3) is 2.95. The van der Waals surface area contributed by atoms with Gasteiger partial charge in [0.25, 0.3) is 0 Å². The Morgan fingerprint density at radius 3 is 2.33 bits per heavy atom. The van der Waals surface area contributed by atoms with E-state index in [0.29, 0.717) is 19.4 Å². The maximum Gasteiger partial charge on any atom is 0.195 e. The van der Waals surface area contributed by atoms with Crippen LogP contribution >= 0.6 is 15.9 Å². The maximum atomic E-state index is 13.2. The third-order valence-electron chi connectivity index (χ3n) is 2.08. The van der Waals surface area contributed by atoms with Crippen molar-refractivity contribution >= 4 is 15.9 Å². The summed E-state index contributed by atoms with van der Waals surface area (Å²) in [5, 5.41) is 0. The lowest BCUT2D eigenvalue weighted by atomic mass is 10.1. The summed E-state index contributed by atoms with van der Waals surface area (Å²) in [6.45, 7) is 0.506. The molecular formula is C10H11BrF3N. The van der Waals surface area contributed by atoms with Crippen LogP contribution in [0.5, 0.6) is 0 Å². The molecule has 0 atom stereocenters. The first-order valence-electron chi connectivity index (χ1n) is 4.60. The summed E-state index contributed by atoms with van der Waals surface area (Å²) in [5.41, 5.74) is 5.45. The van der Waals surface area contributed by atoms with Gasteiger partial charge in [-0.15, -0.1) is 0 Å². The zero-order valence-corrected chi connectivity index (χ0v) is 9.58. The van der Waals surface area contributed by atoms with Crippen LogP contribution in [0.15, 0.2) is 10.5 Å². The Bertz CT molecular complexity index is 355. The highest BCUT2D eigenvalue weighted by molar-refractivity contribution is 9.10. The predicted octanol–water partition coefficient (Wildman–Crippen LogP) is 3.15. The molecule has 5 heteroatoms. The number of halogens is 4. The Morgan fingerprint density at radius 2 is 1.73 bits per heavy atom. The van der Waals surface area contributed by atoms with Gasteiger partial charge in [0.2, 0.25) is 0 Å². The summed E-state index contributed by atoms with van der Waals surface area (Å²) < 4.78 is 39.0. The van der Waals surface area contributed by atoms with E-state index in [-0.39, 0.29) is 10.0 Å². The van der Waals surface area contributed by atoms with Gasteiger partial charge < -0.3 is 5.73 Å². The summed E-state index contributed by atoms with van der Waals surface area (Å²) in [6.07, 6.45) is 1.75. The van der Waals surface area contributed by atoms with Crippen molar-refractivity contribution in [3.05, 3.63) is 33.6 Å². The number of unbranched alkanes of at least 4 members (excludes halogenated alkanes) is 1. The molecule has 1 rings (SSSR count). The smallest absolute Gasteiger partial charge is 0.195 e. The molecule has 0 radical (unpaired) electrons. The minimum atomic E-state index is -1.42. The average molecular weight is 282 g/mol. The van der Waals surface area contributed by atoms with Crippen LogP contribution in [0.2, 0.25) is 0 Å². The van der Waals surface area contributed by atoms with E-state index >= 15 is 0 Å². The van der Waals surface area contributed by atoms with Crippen LogP contribution in [0.4, 0.5) is 13.2 Å². The molecule has 0 aliphatic heterocycles. The second kappa shape index (κ2) is 5.51. The Labute approximate surface area is 94.6 Å². The number of hydrogen-bond acceptors (Lipinski definition) is 1. The number of aryl methyl sites for hydroxylation is 1. The highest BCUT2D eigenvalue weighted by Crippen LogP contribution is 2.24. The van der Waals surface area contributed by atoms with Gasteiger partial charge in [0.15, 0.2) is 17.5 Å². The summed E-state index contributed by atoms with van der Waals surface area (Å²) in [5.74, 6) is -3.71. The standard InChI is InChI=1S/C10H11BrF3N/c11-7-5-6(3-1-2-4-15)8(12)10(14)9(7)13/h5H,1-4,15H2. The lowest BCUT2D eigenvalue weighted by Gasteiger charge is -2.06. The van der Waals surface area contributed by atoms with Crippen molar-refractivity contribution in [2.24, 2.45) is 5.73 Å². The van der Waals surface area contributed by atoms with E-state index in [1.807, 2.05) is 0 Å². The second-order valence-electron chi connectivity index (χ2n) is 3.21. The van der Waals surface area contributed by atoms with Gasteiger partial charge in [-0.3, -0.25) is 0 Å². The predicted molar refractivity (Wildman–Crippen MR) is 56.0 cm³/mol. The van der Waals surface area contributed by atoms with Crippen molar-refractivity contribution in [1.82, 2.24) is 0 Å². The van der Waals surface area contributed by atoms with E-state index in [4.69, 9.17) is 5.73 Å². The molecular weight excluding hydrogens is 271 g/mol. The van der Waals surface area contributed by atoms with Gasteiger partial charge in [-0.1, -0.05) is 0 Å². The molecule has 2 N–H and O–H groups in total. The molecule has 1 aromatic carbocycles. The minimum absolute atomic E-state index is 0.0517. The zero-order chi connectivity index (χ0) is 11.4. The van der Waals surface area contributed by atoms with Crippen LogP contribution in [-0.2, 0) is 6.42 Å². The molecule has 0 saturated carbocycles. The van der Waals surface area contributed by atoms with E-state index in [1.54, 1.807) is 0 Å². The van der Waals surface area contributed by atoms with Crippen molar-refractivity contribution in [1.29, 1.82) is 0 Å². The summed E-state index contributed by atoms with van der Waals surface area (Å²) in [6, 6.07) is 1.27. The highest BCUT2D eigenvalue weighted by atomic mass is 79.9. The number of rotatable bonds is 4. The first kappa shape index (κ1) is 12.5. The van der Waals surface area contributed by atoms with E-state index in [9.17, 15) is 13.2 Å². The number of hydrogen-bond donors (Lipinski definition) is 1. The molecule has 0 bridgehead atoms. The molecule has 84 valence electrons. The molecule has 0 spiro atoms. The lowest BCUT2D eigenvalue weighted by Crippen LogP contribution is -2.02. The Kier molecular flexibility index (Phi) is 4.60. The molecule has 0 saturated heterocycles. The van der Waals surface area contributed by atoms with Crippen LogP contribution in [0.25, 0.3) is 0 Å². The highest BCUT2D eigenvalue weighted by Gasteiger charge is 2.16. The molecule has 0 amide bonds. The summed E-state index contributed by atoms with van der Waals surface area (Å²) >= 11 is 2.83. The summed E-state index contributed by atoms with van der Waals surface area (Å²) in [7, 11) is 0. The average Bonchev–Trinajstić information content (AvgIpc) is 2.23. The first-order chi connectivity index (χ1) is 7.07. The van der Waals surface area contributed by atoms with E-state index in [1.165, 1.54) is 6.07 Å². The van der Waals surface area contributed by atoms with Crippen LogP contribution in [0, 0.1) is 17.5 Å². The second-order valence-corrected chi connectivity index (χ2v) is 4.06. The number of benzene rings is 1. The maximum absolute atomic E-state index is 13.2. The molecule has 0 heterocycles. The molecule has 15 heavy (non-hydrogen) atoms. The van der Waals surface area contributed by atoms with Gasteiger partial charge in [0.1, 0.15) is 0 Å². The largest absolute Gasteiger partial charge is 0.330 e. The molecule has 0 aliphatic carbocycles. The Hall–Kier alpha value is -0.550. The lowest BCUT2D eigenvalue weighted by molar-refractivity contribution is 0.437. The minimum Gasteiger partial charge on any atom is -0.330 e. The molecule has 0 aliphatic rings. The van der Waals surface area contributed by atoms with Gasteiger partial charge >= 0.3 is 0 Å². The fourth-order valence-electron chi connectivity index (χ4n) is 1.26. The molecule has 0 aromatic heterocycles. The number of nitrogens with two attached hydrogens (primary N) is 1. The van der Waals surface area contributed by atoms with Crippen LogP contribution in [0.1, 0.15) is 18.4 Å². The van der Waals surface area contributed by atoms with E-state index < -0.39 is 17.5 Å². The van der Waals surface area contributed by atoms with Gasteiger partial charge in [0, 0.05) is 0 Å². The van der Waals surface area contributed by atoms with Gasteiger partial charge in [0.05, 0.1) is 4.47 Å². The van der Waals surface area contributed by atoms with E-state index in [2.05, 4.69) is 15.9 Å². The van der Waals surface area contributed by atoms with Crippen LogP contribution < -0.4 is 5.73 Å². The van der Waals surface area contributed by atoms with Crippen LogP contribution in [0.3, 0.4) is 0 Å². The SMILES string of the molecule is NCCCCc1cc(Br)c(F)c(F)c1F. The molecule has 1 nitrogen and oxygen atoms in total. The van der Waals surface area contributed by atoms with Gasteiger partial charge in [-0.2, -0.15) is 0 Å². The van der Waals surface area contributed by atoms with Crippen molar-refractivity contribution in [2.75, 3.05) is 6.54 Å². The van der Waals surface area contributed by atoms with Crippen molar-refractivity contribution in [3.63, 3.8) is 0 Å². The molecule has 1 aromatic rings. The fourth-order valence-corrected chi connectivity index (χ4v) is 1.71.